The average molecular weight is 332 g/mol. The van der Waals surface area contributed by atoms with E-state index in [1.165, 1.54) is 36.4 Å². The van der Waals surface area contributed by atoms with Crippen LogP contribution >= 0.6 is 0 Å². The molecule has 0 saturated carbocycles. The Kier molecular flexibility index (Phi) is 3.60. The molecule has 24 heavy (non-hydrogen) atoms. The van der Waals surface area contributed by atoms with Gasteiger partial charge in [0.05, 0.1) is 11.5 Å². The van der Waals surface area contributed by atoms with Crippen molar-refractivity contribution in [1.82, 2.24) is 0 Å². The van der Waals surface area contributed by atoms with E-state index in [2.05, 4.69) is 0 Å². The molecule has 2 aromatic rings. The molecule has 1 aliphatic heterocycles. The van der Waals surface area contributed by atoms with Crippen LogP contribution < -0.4 is 10.5 Å². The molecule has 7 heteroatoms. The van der Waals surface area contributed by atoms with E-state index in [4.69, 9.17) is 10.5 Å². The normalized spacial score (nSPS) is 17.0. The number of halogens is 3. The van der Waals surface area contributed by atoms with Gasteiger partial charge in [-0.05, 0) is 17.7 Å². The van der Waals surface area contributed by atoms with Gasteiger partial charge < -0.3 is 15.6 Å². The second-order valence-corrected chi connectivity index (χ2v) is 5.23. The highest BCUT2D eigenvalue weighted by Crippen LogP contribution is 2.46. The molecule has 0 radical (unpaired) electrons. The van der Waals surface area contributed by atoms with Crippen molar-refractivity contribution in [2.24, 2.45) is 5.73 Å². The summed E-state index contributed by atoms with van der Waals surface area (Å²) in [5.74, 6) is -1.31. The summed E-state index contributed by atoms with van der Waals surface area (Å²) in [4.78, 5) is 0. The smallest absolute Gasteiger partial charge is 0.416 e. The fourth-order valence-corrected chi connectivity index (χ4v) is 2.77. The number of hydrogen-bond acceptors (Lipinski definition) is 4. The highest BCUT2D eigenvalue weighted by atomic mass is 19.4. The summed E-state index contributed by atoms with van der Waals surface area (Å²) in [6, 6.07) is 10.8. The summed E-state index contributed by atoms with van der Waals surface area (Å²) < 4.78 is 45.4. The lowest BCUT2D eigenvalue weighted by molar-refractivity contribution is -0.138. The molecule has 0 aliphatic carbocycles. The number of nitrogens with two attached hydrogens (primary N) is 1. The molecular weight excluding hydrogens is 321 g/mol. The maximum absolute atomic E-state index is 13.4. The predicted octanol–water partition coefficient (Wildman–Crippen LogP) is 3.63. The fraction of sp³-hybridized carbons (Fsp3) is 0.118. The number of allylic oxidation sites excluding steroid dienone is 1. The number of nitriles is 1. The molecule has 0 amide bonds. The molecule has 0 aromatic heterocycles. The van der Waals surface area contributed by atoms with Crippen molar-refractivity contribution < 1.29 is 23.0 Å². The van der Waals surface area contributed by atoms with Crippen LogP contribution in [0.3, 0.4) is 0 Å². The lowest BCUT2D eigenvalue weighted by Crippen LogP contribution is -2.23. The third-order valence-corrected chi connectivity index (χ3v) is 3.78. The summed E-state index contributed by atoms with van der Waals surface area (Å²) in [7, 11) is 0. The third kappa shape index (κ3) is 2.52. The van der Waals surface area contributed by atoms with Crippen LogP contribution in [0.1, 0.15) is 22.6 Å². The number of aromatic hydroxyl groups is 1. The Balaban J connectivity index is 2.30. The Morgan fingerprint density at radius 1 is 1.12 bits per heavy atom. The van der Waals surface area contributed by atoms with Crippen LogP contribution in [-0.2, 0) is 6.18 Å². The van der Waals surface area contributed by atoms with Crippen LogP contribution in [0.25, 0.3) is 0 Å². The summed E-state index contributed by atoms with van der Waals surface area (Å²) in [5.41, 5.74) is 4.99. The lowest BCUT2D eigenvalue weighted by Gasteiger charge is -2.28. The number of ether oxygens (including phenoxy) is 1. The van der Waals surface area contributed by atoms with E-state index in [1.807, 2.05) is 6.07 Å². The topological polar surface area (TPSA) is 79.3 Å². The largest absolute Gasteiger partial charge is 0.508 e. The zero-order valence-electron chi connectivity index (χ0n) is 12.1. The fourth-order valence-electron chi connectivity index (χ4n) is 2.77. The Morgan fingerprint density at radius 2 is 1.83 bits per heavy atom. The number of rotatable bonds is 1. The van der Waals surface area contributed by atoms with Crippen molar-refractivity contribution in [3.63, 3.8) is 0 Å². The summed E-state index contributed by atoms with van der Waals surface area (Å²) >= 11 is 0. The van der Waals surface area contributed by atoms with Gasteiger partial charge in [-0.1, -0.05) is 24.3 Å². The van der Waals surface area contributed by atoms with Gasteiger partial charge in [0.1, 0.15) is 23.1 Å². The van der Waals surface area contributed by atoms with E-state index in [-0.39, 0.29) is 28.5 Å². The maximum Gasteiger partial charge on any atom is 0.416 e. The third-order valence-electron chi connectivity index (χ3n) is 3.78. The van der Waals surface area contributed by atoms with E-state index >= 15 is 0 Å². The van der Waals surface area contributed by atoms with Crippen molar-refractivity contribution in [1.29, 1.82) is 5.26 Å². The quantitative estimate of drug-likeness (QED) is 0.836. The summed E-state index contributed by atoms with van der Waals surface area (Å²) in [6.07, 6.45) is -4.58. The molecular formula is C17H11F3N2O2. The number of nitrogens with zero attached hydrogens (tertiary/aromatic N) is 1. The van der Waals surface area contributed by atoms with Gasteiger partial charge in [0.2, 0.25) is 5.88 Å². The van der Waals surface area contributed by atoms with E-state index in [0.717, 1.165) is 6.07 Å². The molecule has 1 heterocycles. The number of phenols is 1. The van der Waals surface area contributed by atoms with Gasteiger partial charge in [-0.2, -0.15) is 18.4 Å². The van der Waals surface area contributed by atoms with E-state index in [1.54, 1.807) is 0 Å². The average Bonchev–Trinajstić information content (AvgIpc) is 2.52. The van der Waals surface area contributed by atoms with Crippen LogP contribution in [0.4, 0.5) is 13.2 Å². The van der Waals surface area contributed by atoms with Crippen molar-refractivity contribution in [3.05, 3.63) is 70.6 Å². The van der Waals surface area contributed by atoms with Crippen molar-refractivity contribution in [3.8, 4) is 17.6 Å². The SMILES string of the molecule is N#CC1=C(N)Oc2cc(O)ccc2[C@@H]1c1ccccc1C(F)(F)F. The molecule has 1 atom stereocenters. The van der Waals surface area contributed by atoms with E-state index < -0.39 is 17.7 Å². The van der Waals surface area contributed by atoms with Crippen LogP contribution in [0.15, 0.2) is 53.9 Å². The Hall–Kier alpha value is -3.14. The van der Waals surface area contributed by atoms with Gasteiger partial charge in [-0.25, -0.2) is 0 Å². The first-order valence-corrected chi connectivity index (χ1v) is 6.89. The van der Waals surface area contributed by atoms with E-state index in [9.17, 15) is 23.5 Å². The second kappa shape index (κ2) is 5.49. The van der Waals surface area contributed by atoms with Crippen molar-refractivity contribution in [2.75, 3.05) is 0 Å². The standard InChI is InChI=1S/C17H11F3N2O2/c18-17(19,20)13-4-2-1-3-10(13)15-11-6-5-9(23)7-14(11)24-16(22)12(15)8-21/h1-7,15,23H,22H2/t15-/m0/s1. The maximum atomic E-state index is 13.4. The van der Waals surface area contributed by atoms with Crippen LogP contribution in [0, 0.1) is 11.3 Å². The molecule has 0 saturated heterocycles. The molecule has 0 unspecified atom stereocenters. The molecule has 3 rings (SSSR count). The molecule has 1 aliphatic rings. The van der Waals surface area contributed by atoms with Crippen LogP contribution in [0.2, 0.25) is 0 Å². The number of hydrogen-bond donors (Lipinski definition) is 2. The Labute approximate surface area is 135 Å². The van der Waals surface area contributed by atoms with Crippen molar-refractivity contribution >= 4 is 0 Å². The number of phenolic OH excluding ortho intramolecular Hbond substituents is 1. The van der Waals surface area contributed by atoms with Gasteiger partial charge in [0, 0.05) is 11.6 Å². The zero-order chi connectivity index (χ0) is 17.5. The van der Waals surface area contributed by atoms with Crippen LogP contribution in [0.5, 0.6) is 11.5 Å². The highest BCUT2D eigenvalue weighted by molar-refractivity contribution is 5.58. The monoisotopic (exact) mass is 332 g/mol. The summed E-state index contributed by atoms with van der Waals surface area (Å²) in [6.45, 7) is 0. The van der Waals surface area contributed by atoms with Crippen LogP contribution in [-0.4, -0.2) is 5.11 Å². The second-order valence-electron chi connectivity index (χ2n) is 5.23. The van der Waals surface area contributed by atoms with Gasteiger partial charge in [0.15, 0.2) is 0 Å². The predicted molar refractivity (Wildman–Crippen MR) is 78.8 cm³/mol. The minimum absolute atomic E-state index is 0.0975. The molecule has 3 N–H and O–H groups in total. The first kappa shape index (κ1) is 15.7. The molecule has 0 spiro atoms. The lowest BCUT2D eigenvalue weighted by atomic mass is 9.81. The number of alkyl halides is 3. The minimum Gasteiger partial charge on any atom is -0.508 e. The molecule has 0 bridgehead atoms. The molecule has 122 valence electrons. The minimum atomic E-state index is -4.58. The van der Waals surface area contributed by atoms with Gasteiger partial charge in [-0.15, -0.1) is 0 Å². The first-order valence-electron chi connectivity index (χ1n) is 6.89. The van der Waals surface area contributed by atoms with Gasteiger partial charge >= 0.3 is 6.18 Å². The van der Waals surface area contributed by atoms with Gasteiger partial charge in [0.25, 0.3) is 0 Å². The highest BCUT2D eigenvalue weighted by Gasteiger charge is 2.39. The Bertz CT molecular complexity index is 882. The van der Waals surface area contributed by atoms with Crippen molar-refractivity contribution in [2.45, 2.75) is 12.1 Å². The van der Waals surface area contributed by atoms with Gasteiger partial charge in [-0.3, -0.25) is 0 Å². The van der Waals surface area contributed by atoms with E-state index in [0.29, 0.717) is 5.56 Å². The molecule has 4 nitrogen and oxygen atoms in total. The zero-order valence-corrected chi connectivity index (χ0v) is 12.1. The molecule has 0 fully saturated rings. The molecule has 2 aromatic carbocycles. The number of fused-ring (bicyclic) bond motifs is 1. The summed E-state index contributed by atoms with van der Waals surface area (Å²) in [5, 5.41) is 18.9. The first-order chi connectivity index (χ1) is 11.3. The Morgan fingerprint density at radius 3 is 2.50 bits per heavy atom. The number of benzene rings is 2.